The van der Waals surface area contributed by atoms with Crippen LogP contribution in [0.15, 0.2) is 140 Å². The van der Waals surface area contributed by atoms with Crippen LogP contribution < -0.4 is 0 Å². The van der Waals surface area contributed by atoms with Crippen LogP contribution in [0.25, 0.3) is 72.2 Å². The van der Waals surface area contributed by atoms with E-state index < -0.39 is 0 Å². The topological polar surface area (TPSA) is 30.7 Å². The molecule has 44 heavy (non-hydrogen) atoms. The van der Waals surface area contributed by atoms with Gasteiger partial charge < -0.3 is 0 Å². The van der Waals surface area contributed by atoms with Crippen LogP contribution >= 0.6 is 0 Å². The van der Waals surface area contributed by atoms with E-state index in [1.807, 2.05) is 12.1 Å². The van der Waals surface area contributed by atoms with Crippen molar-refractivity contribution in [3.63, 3.8) is 0 Å². The zero-order valence-corrected chi connectivity index (χ0v) is 24.6. The first-order valence-electron chi connectivity index (χ1n) is 15.2. The molecule has 2 aromatic heterocycles. The van der Waals surface area contributed by atoms with Crippen LogP contribution in [-0.2, 0) is 5.41 Å². The monoisotopic (exact) mass is 563 g/mol. The van der Waals surface area contributed by atoms with Gasteiger partial charge in [0.2, 0.25) is 0 Å². The van der Waals surface area contributed by atoms with Gasteiger partial charge in [-0.1, -0.05) is 123 Å². The van der Waals surface area contributed by atoms with Gasteiger partial charge in [0.25, 0.3) is 0 Å². The summed E-state index contributed by atoms with van der Waals surface area (Å²) in [5.41, 5.74) is 12.6. The summed E-state index contributed by atoms with van der Waals surface area (Å²) in [6, 6.07) is 49.7. The Morgan fingerprint density at radius 1 is 0.545 bits per heavy atom. The fraction of sp³-hybridized carbons (Fsp3) is 0.0732. The molecule has 8 aromatic rings. The standard InChI is InChI=1S/C41H29N3/c1-41(2)32-19-8-6-17-29(32)38-33(41)24-23-31-37(38)30-18-7-9-20-34(30)42-39(31)27-15-12-16-28(25-27)44-36-22-11-10-21-35(36)43-40(44)26-13-4-3-5-14-26/h3-25H,1-2H3. The third-order valence-corrected chi connectivity index (χ3v) is 9.38. The van der Waals surface area contributed by atoms with E-state index in [1.165, 1.54) is 38.4 Å². The van der Waals surface area contributed by atoms with E-state index in [0.29, 0.717) is 0 Å². The molecule has 0 bridgehead atoms. The van der Waals surface area contributed by atoms with Crippen molar-refractivity contribution in [2.75, 3.05) is 0 Å². The molecule has 6 aromatic carbocycles. The lowest BCUT2D eigenvalue weighted by atomic mass is 9.82. The summed E-state index contributed by atoms with van der Waals surface area (Å²) in [6.45, 7) is 4.69. The lowest BCUT2D eigenvalue weighted by Gasteiger charge is -2.22. The molecule has 0 N–H and O–H groups in total. The highest BCUT2D eigenvalue weighted by Crippen LogP contribution is 2.53. The number of rotatable bonds is 3. The third kappa shape index (κ3) is 3.50. The van der Waals surface area contributed by atoms with Crippen molar-refractivity contribution in [2.45, 2.75) is 19.3 Å². The molecule has 0 radical (unpaired) electrons. The highest BCUT2D eigenvalue weighted by molar-refractivity contribution is 6.19. The Hall–Kier alpha value is -5.54. The van der Waals surface area contributed by atoms with Crippen molar-refractivity contribution in [3.05, 3.63) is 151 Å². The summed E-state index contributed by atoms with van der Waals surface area (Å²) in [4.78, 5) is 10.4. The maximum atomic E-state index is 5.33. The Morgan fingerprint density at radius 2 is 1.27 bits per heavy atom. The van der Waals surface area contributed by atoms with Crippen molar-refractivity contribution < 1.29 is 0 Å². The van der Waals surface area contributed by atoms with Gasteiger partial charge in [-0.3, -0.25) is 4.57 Å². The fourth-order valence-corrected chi connectivity index (χ4v) is 7.32. The number of aromatic nitrogens is 3. The molecule has 1 aliphatic carbocycles. The largest absolute Gasteiger partial charge is 0.292 e. The van der Waals surface area contributed by atoms with Crippen LogP contribution in [0, 0.1) is 0 Å². The molecule has 0 spiro atoms. The molecule has 0 unspecified atom stereocenters. The van der Waals surface area contributed by atoms with E-state index in [-0.39, 0.29) is 5.41 Å². The van der Waals surface area contributed by atoms with Crippen LogP contribution in [0.5, 0.6) is 0 Å². The predicted octanol–water partition coefficient (Wildman–Crippen LogP) is 10.4. The Balaban J connectivity index is 1.34. The second-order valence-corrected chi connectivity index (χ2v) is 12.2. The Bertz CT molecular complexity index is 2410. The molecule has 1 aliphatic rings. The van der Waals surface area contributed by atoms with E-state index in [9.17, 15) is 0 Å². The summed E-state index contributed by atoms with van der Waals surface area (Å²) in [5.74, 6) is 0.928. The van der Waals surface area contributed by atoms with E-state index in [0.717, 1.165) is 44.9 Å². The average molecular weight is 564 g/mol. The summed E-state index contributed by atoms with van der Waals surface area (Å²) in [6.07, 6.45) is 0. The predicted molar refractivity (Wildman–Crippen MR) is 182 cm³/mol. The maximum absolute atomic E-state index is 5.33. The van der Waals surface area contributed by atoms with Crippen molar-refractivity contribution in [1.82, 2.24) is 14.5 Å². The number of nitrogens with zero attached hydrogens (tertiary/aromatic N) is 3. The first kappa shape index (κ1) is 25.0. The Kier molecular flexibility index (Phi) is 5.24. The summed E-state index contributed by atoms with van der Waals surface area (Å²) in [5, 5.41) is 3.65. The van der Waals surface area contributed by atoms with E-state index in [2.05, 4.69) is 146 Å². The van der Waals surface area contributed by atoms with Crippen LogP contribution in [-0.4, -0.2) is 14.5 Å². The second kappa shape index (κ2) is 9.23. The Labute approximate surface area is 256 Å². The van der Waals surface area contributed by atoms with Crippen molar-refractivity contribution in [2.24, 2.45) is 0 Å². The lowest BCUT2D eigenvalue weighted by molar-refractivity contribution is 0.661. The molecule has 2 heterocycles. The molecule has 0 saturated carbocycles. The van der Waals surface area contributed by atoms with Gasteiger partial charge in [-0.2, -0.15) is 0 Å². The molecule has 3 heteroatoms. The quantitative estimate of drug-likeness (QED) is 0.200. The van der Waals surface area contributed by atoms with Crippen molar-refractivity contribution in [3.8, 4) is 39.5 Å². The average Bonchev–Trinajstić information content (AvgIpc) is 3.58. The molecule has 0 fully saturated rings. The number of hydrogen-bond acceptors (Lipinski definition) is 2. The normalized spacial score (nSPS) is 13.4. The fourth-order valence-electron chi connectivity index (χ4n) is 7.32. The molecule has 9 rings (SSSR count). The zero-order valence-electron chi connectivity index (χ0n) is 24.6. The van der Waals surface area contributed by atoms with Crippen LogP contribution in [0.2, 0.25) is 0 Å². The van der Waals surface area contributed by atoms with E-state index in [1.54, 1.807) is 0 Å². The minimum atomic E-state index is -0.0686. The maximum Gasteiger partial charge on any atom is 0.145 e. The number of pyridine rings is 1. The van der Waals surface area contributed by atoms with E-state index >= 15 is 0 Å². The summed E-state index contributed by atoms with van der Waals surface area (Å²) < 4.78 is 2.27. The number of para-hydroxylation sites is 3. The first-order chi connectivity index (χ1) is 21.6. The first-order valence-corrected chi connectivity index (χ1v) is 15.2. The van der Waals surface area contributed by atoms with Crippen LogP contribution in [0.4, 0.5) is 0 Å². The minimum absolute atomic E-state index is 0.0686. The summed E-state index contributed by atoms with van der Waals surface area (Å²) >= 11 is 0. The molecular formula is C41H29N3. The molecule has 0 amide bonds. The van der Waals surface area contributed by atoms with Crippen LogP contribution in [0.3, 0.4) is 0 Å². The number of benzene rings is 6. The van der Waals surface area contributed by atoms with Gasteiger partial charge in [-0.15, -0.1) is 0 Å². The van der Waals surface area contributed by atoms with Gasteiger partial charge in [0.1, 0.15) is 5.82 Å². The number of hydrogen-bond donors (Lipinski definition) is 0. The number of imidazole rings is 1. The zero-order chi connectivity index (χ0) is 29.4. The molecule has 0 aliphatic heterocycles. The van der Waals surface area contributed by atoms with Crippen molar-refractivity contribution >= 4 is 32.7 Å². The van der Waals surface area contributed by atoms with Gasteiger partial charge in [-0.25, -0.2) is 9.97 Å². The molecule has 0 saturated heterocycles. The molecule has 0 atom stereocenters. The molecular weight excluding hydrogens is 534 g/mol. The van der Waals surface area contributed by atoms with Gasteiger partial charge in [0.15, 0.2) is 0 Å². The van der Waals surface area contributed by atoms with Crippen molar-refractivity contribution in [1.29, 1.82) is 0 Å². The van der Waals surface area contributed by atoms with Gasteiger partial charge in [0.05, 0.1) is 22.2 Å². The lowest BCUT2D eigenvalue weighted by Crippen LogP contribution is -2.14. The Morgan fingerprint density at radius 3 is 2.16 bits per heavy atom. The highest BCUT2D eigenvalue weighted by atomic mass is 15.1. The summed E-state index contributed by atoms with van der Waals surface area (Å²) in [7, 11) is 0. The van der Waals surface area contributed by atoms with Gasteiger partial charge in [0, 0.05) is 38.4 Å². The third-order valence-electron chi connectivity index (χ3n) is 9.38. The SMILES string of the molecule is CC1(C)c2ccccc2-c2c1ccc1c(-c3cccc(-n4c(-c5ccccc5)nc5ccccc54)c3)nc3ccccc3c21. The molecule has 3 nitrogen and oxygen atoms in total. The van der Waals surface area contributed by atoms with E-state index in [4.69, 9.17) is 9.97 Å². The minimum Gasteiger partial charge on any atom is -0.292 e. The van der Waals surface area contributed by atoms with Gasteiger partial charge >= 0.3 is 0 Å². The van der Waals surface area contributed by atoms with Crippen LogP contribution in [0.1, 0.15) is 25.0 Å². The molecule has 208 valence electrons. The highest BCUT2D eigenvalue weighted by Gasteiger charge is 2.36. The second-order valence-electron chi connectivity index (χ2n) is 12.2. The number of fused-ring (bicyclic) bond motifs is 8. The van der Waals surface area contributed by atoms with Gasteiger partial charge in [-0.05, 0) is 52.6 Å². The smallest absolute Gasteiger partial charge is 0.145 e.